The van der Waals surface area contributed by atoms with Gasteiger partial charge in [0.05, 0.1) is 10.6 Å². The molecule has 0 amide bonds. The van der Waals surface area contributed by atoms with Crippen molar-refractivity contribution in [1.29, 1.82) is 0 Å². The highest BCUT2D eigenvalue weighted by Gasteiger charge is 2.13. The van der Waals surface area contributed by atoms with Gasteiger partial charge in [-0.25, -0.2) is 4.98 Å². The van der Waals surface area contributed by atoms with Gasteiger partial charge in [-0.1, -0.05) is 0 Å². The van der Waals surface area contributed by atoms with Crippen molar-refractivity contribution in [3.05, 3.63) is 21.3 Å². The van der Waals surface area contributed by atoms with Gasteiger partial charge in [0.15, 0.2) is 5.13 Å². The largest absolute Gasteiger partial charge is 0.357 e. The number of thiazole rings is 1. The summed E-state index contributed by atoms with van der Waals surface area (Å²) < 4.78 is 1.12. The summed E-state index contributed by atoms with van der Waals surface area (Å²) in [6.45, 7) is 6.40. The second-order valence-electron chi connectivity index (χ2n) is 4.54. The van der Waals surface area contributed by atoms with Crippen LogP contribution in [0.25, 0.3) is 10.6 Å². The Morgan fingerprint density at radius 2 is 2.00 bits per heavy atom. The Balaban J connectivity index is 2.20. The summed E-state index contributed by atoms with van der Waals surface area (Å²) in [4.78, 5) is 5.78. The maximum Gasteiger partial charge on any atom is 0.183 e. The summed E-state index contributed by atoms with van der Waals surface area (Å²) in [5.41, 5.74) is 1.11. The maximum atomic E-state index is 4.58. The smallest absolute Gasteiger partial charge is 0.183 e. The third-order valence-electron chi connectivity index (χ3n) is 1.81. The molecular weight excluding hydrogens is 304 g/mol. The summed E-state index contributed by atoms with van der Waals surface area (Å²) >= 11 is 6.81. The molecule has 0 atom stereocenters. The predicted octanol–water partition coefficient (Wildman–Crippen LogP) is 4.84. The molecule has 2 aromatic heterocycles. The van der Waals surface area contributed by atoms with E-state index in [-0.39, 0.29) is 5.54 Å². The van der Waals surface area contributed by atoms with Crippen molar-refractivity contribution >= 4 is 43.7 Å². The Hall–Kier alpha value is -0.390. The fourth-order valence-corrected chi connectivity index (χ4v) is 3.59. The van der Waals surface area contributed by atoms with Gasteiger partial charge in [-0.15, -0.1) is 22.7 Å². The molecule has 0 unspecified atom stereocenters. The van der Waals surface area contributed by atoms with Crippen LogP contribution in [-0.2, 0) is 0 Å². The van der Waals surface area contributed by atoms with Crippen LogP contribution in [-0.4, -0.2) is 10.5 Å². The second-order valence-corrected chi connectivity index (χ2v) is 7.23. The quantitative estimate of drug-likeness (QED) is 0.857. The Morgan fingerprint density at radius 3 is 2.56 bits per heavy atom. The van der Waals surface area contributed by atoms with Crippen molar-refractivity contribution in [2.24, 2.45) is 0 Å². The summed E-state index contributed by atoms with van der Waals surface area (Å²) in [6, 6.07) is 2.10. The van der Waals surface area contributed by atoms with Crippen molar-refractivity contribution in [2.75, 3.05) is 5.32 Å². The second kappa shape index (κ2) is 4.47. The molecule has 0 bridgehead atoms. The fourth-order valence-electron chi connectivity index (χ4n) is 1.21. The molecule has 0 saturated heterocycles. The number of nitrogens with one attached hydrogen (secondary N) is 1. The Morgan fingerprint density at radius 1 is 1.25 bits per heavy atom. The monoisotopic (exact) mass is 316 g/mol. The highest BCUT2D eigenvalue weighted by molar-refractivity contribution is 9.10. The van der Waals surface area contributed by atoms with E-state index in [1.165, 1.54) is 4.88 Å². The summed E-state index contributed by atoms with van der Waals surface area (Å²) in [5.74, 6) is 0. The van der Waals surface area contributed by atoms with E-state index in [1.807, 2.05) is 0 Å². The van der Waals surface area contributed by atoms with Crippen LogP contribution in [0.2, 0.25) is 0 Å². The third kappa shape index (κ3) is 3.06. The van der Waals surface area contributed by atoms with E-state index >= 15 is 0 Å². The lowest BCUT2D eigenvalue weighted by molar-refractivity contribution is 0.633. The number of rotatable bonds is 2. The van der Waals surface area contributed by atoms with E-state index in [0.29, 0.717) is 0 Å². The van der Waals surface area contributed by atoms with E-state index in [9.17, 15) is 0 Å². The Kier molecular flexibility index (Phi) is 3.37. The Bertz CT molecular complexity index is 482. The molecule has 86 valence electrons. The number of halogens is 1. The van der Waals surface area contributed by atoms with Crippen molar-refractivity contribution in [3.63, 3.8) is 0 Å². The highest BCUT2D eigenvalue weighted by Crippen LogP contribution is 2.32. The van der Waals surface area contributed by atoms with E-state index in [2.05, 4.69) is 63.8 Å². The molecule has 0 saturated carbocycles. The van der Waals surface area contributed by atoms with Gasteiger partial charge >= 0.3 is 0 Å². The first kappa shape index (κ1) is 12.1. The van der Waals surface area contributed by atoms with Crippen LogP contribution in [0.15, 0.2) is 21.3 Å². The van der Waals surface area contributed by atoms with Gasteiger partial charge in [0.25, 0.3) is 0 Å². The molecule has 1 N–H and O–H groups in total. The molecule has 0 aliphatic heterocycles. The number of nitrogens with zero attached hydrogens (tertiary/aromatic N) is 1. The van der Waals surface area contributed by atoms with Crippen LogP contribution < -0.4 is 5.32 Å². The maximum absolute atomic E-state index is 4.58. The number of hydrogen-bond acceptors (Lipinski definition) is 4. The number of aromatic nitrogens is 1. The van der Waals surface area contributed by atoms with Gasteiger partial charge in [0, 0.05) is 20.8 Å². The summed E-state index contributed by atoms with van der Waals surface area (Å²) in [5, 5.41) is 8.52. The van der Waals surface area contributed by atoms with Crippen LogP contribution in [0.1, 0.15) is 20.8 Å². The van der Waals surface area contributed by atoms with Crippen LogP contribution >= 0.6 is 38.6 Å². The molecule has 2 rings (SSSR count). The van der Waals surface area contributed by atoms with Crippen LogP contribution in [0.5, 0.6) is 0 Å². The first-order valence-corrected chi connectivity index (χ1v) is 7.47. The Labute approximate surface area is 112 Å². The van der Waals surface area contributed by atoms with Gasteiger partial charge in [-0.2, -0.15) is 0 Å². The molecule has 5 heteroatoms. The van der Waals surface area contributed by atoms with Gasteiger partial charge in [0.1, 0.15) is 0 Å². The van der Waals surface area contributed by atoms with Crippen molar-refractivity contribution in [1.82, 2.24) is 4.98 Å². The van der Waals surface area contributed by atoms with E-state index in [1.54, 1.807) is 22.7 Å². The standard InChI is InChI=1S/C11H13BrN2S2/c1-11(2,3)14-10-13-8(6-16-10)9-4-7(12)5-15-9/h4-6H,1-3H3,(H,13,14). The molecule has 2 nitrogen and oxygen atoms in total. The minimum atomic E-state index is 0.0607. The lowest BCUT2D eigenvalue weighted by Crippen LogP contribution is -2.25. The molecule has 0 aromatic carbocycles. The third-order valence-corrected chi connectivity index (χ3v) is 4.28. The summed E-state index contributed by atoms with van der Waals surface area (Å²) in [7, 11) is 0. The minimum Gasteiger partial charge on any atom is -0.357 e. The van der Waals surface area contributed by atoms with E-state index < -0.39 is 0 Å². The molecule has 0 aliphatic carbocycles. The molecule has 2 aromatic rings. The number of hydrogen-bond donors (Lipinski definition) is 1. The van der Waals surface area contributed by atoms with Crippen LogP contribution in [0.3, 0.4) is 0 Å². The van der Waals surface area contributed by atoms with Crippen molar-refractivity contribution < 1.29 is 0 Å². The number of anilines is 1. The molecular formula is C11H13BrN2S2. The number of thiophene rings is 1. The zero-order chi connectivity index (χ0) is 11.8. The van der Waals surface area contributed by atoms with E-state index in [4.69, 9.17) is 0 Å². The molecule has 0 radical (unpaired) electrons. The molecule has 16 heavy (non-hydrogen) atoms. The predicted molar refractivity (Wildman–Crippen MR) is 76.5 cm³/mol. The first-order valence-electron chi connectivity index (χ1n) is 4.92. The van der Waals surface area contributed by atoms with Gasteiger partial charge in [0.2, 0.25) is 0 Å². The topological polar surface area (TPSA) is 24.9 Å². The normalized spacial score (nSPS) is 11.8. The lowest BCUT2D eigenvalue weighted by Gasteiger charge is -2.19. The zero-order valence-electron chi connectivity index (χ0n) is 9.37. The molecule has 0 fully saturated rings. The van der Waals surface area contributed by atoms with Gasteiger partial charge < -0.3 is 5.32 Å². The van der Waals surface area contributed by atoms with Gasteiger partial charge in [-0.3, -0.25) is 0 Å². The lowest BCUT2D eigenvalue weighted by atomic mass is 10.1. The fraction of sp³-hybridized carbons (Fsp3) is 0.364. The SMILES string of the molecule is CC(C)(C)Nc1nc(-c2cc(Br)cs2)cs1. The highest BCUT2D eigenvalue weighted by atomic mass is 79.9. The average Bonchev–Trinajstić information content (AvgIpc) is 2.71. The molecule has 0 spiro atoms. The first-order chi connectivity index (χ1) is 7.44. The van der Waals surface area contributed by atoms with Crippen LogP contribution in [0.4, 0.5) is 5.13 Å². The van der Waals surface area contributed by atoms with Crippen molar-refractivity contribution in [3.8, 4) is 10.6 Å². The minimum absolute atomic E-state index is 0.0607. The van der Waals surface area contributed by atoms with E-state index in [0.717, 1.165) is 15.3 Å². The van der Waals surface area contributed by atoms with Crippen LogP contribution in [0, 0.1) is 0 Å². The molecule has 2 heterocycles. The van der Waals surface area contributed by atoms with Crippen molar-refractivity contribution in [2.45, 2.75) is 26.3 Å². The van der Waals surface area contributed by atoms with Gasteiger partial charge in [-0.05, 0) is 42.8 Å². The zero-order valence-corrected chi connectivity index (χ0v) is 12.6. The average molecular weight is 317 g/mol. The molecule has 0 aliphatic rings. The summed E-state index contributed by atoms with van der Waals surface area (Å²) in [6.07, 6.45) is 0.